The van der Waals surface area contributed by atoms with Crippen molar-refractivity contribution in [2.75, 3.05) is 5.06 Å². The van der Waals surface area contributed by atoms with Crippen molar-refractivity contribution in [1.29, 1.82) is 0 Å². The fraction of sp³-hybridized carbons (Fsp3) is 0.0476. The van der Waals surface area contributed by atoms with E-state index in [2.05, 4.69) is 5.32 Å². The molecule has 2 N–H and O–H groups in total. The predicted molar refractivity (Wildman–Crippen MR) is 99.2 cm³/mol. The van der Waals surface area contributed by atoms with Crippen LogP contribution in [-0.4, -0.2) is 17.0 Å². The van der Waals surface area contributed by atoms with Crippen LogP contribution in [0.1, 0.15) is 26.3 Å². The van der Waals surface area contributed by atoms with E-state index in [1.807, 2.05) is 6.07 Å². The minimum atomic E-state index is -0.520. The minimum absolute atomic E-state index is 0.110. The van der Waals surface area contributed by atoms with E-state index < -0.39 is 5.91 Å². The molecule has 2 amide bonds. The van der Waals surface area contributed by atoms with Gasteiger partial charge in [0.05, 0.1) is 5.69 Å². The summed E-state index contributed by atoms with van der Waals surface area (Å²) in [5.41, 5.74) is 2.26. The molecular formula is C21H16N2O4. The van der Waals surface area contributed by atoms with E-state index in [4.69, 9.17) is 4.74 Å². The Morgan fingerprint density at radius 1 is 0.963 bits per heavy atom. The third-order valence-electron chi connectivity index (χ3n) is 4.30. The third kappa shape index (κ3) is 3.38. The average molecular weight is 360 g/mol. The van der Waals surface area contributed by atoms with Crippen LogP contribution in [0.5, 0.6) is 11.5 Å². The molecule has 0 unspecified atom stereocenters. The molecule has 1 aliphatic rings. The normalized spacial score (nSPS) is 12.3. The van der Waals surface area contributed by atoms with Gasteiger partial charge in [0.1, 0.15) is 11.5 Å². The van der Waals surface area contributed by atoms with Crippen LogP contribution in [0.4, 0.5) is 5.69 Å². The van der Waals surface area contributed by atoms with Gasteiger partial charge in [0.25, 0.3) is 11.8 Å². The van der Waals surface area contributed by atoms with Crippen LogP contribution in [0.25, 0.3) is 0 Å². The highest BCUT2D eigenvalue weighted by Gasteiger charge is 2.19. The molecule has 0 bridgehead atoms. The Hall–Kier alpha value is -3.64. The molecule has 1 heterocycles. The SMILES string of the molecule is O=C1NCc2ccc(Oc3ccc(N(O)C(=O)c4ccccc4)cc3)cc21. The molecule has 27 heavy (non-hydrogen) atoms. The summed E-state index contributed by atoms with van der Waals surface area (Å²) in [6, 6.07) is 20.3. The average Bonchev–Trinajstić information content (AvgIpc) is 3.08. The van der Waals surface area contributed by atoms with Gasteiger partial charge >= 0.3 is 0 Å². The van der Waals surface area contributed by atoms with E-state index in [1.165, 1.54) is 0 Å². The van der Waals surface area contributed by atoms with Gasteiger partial charge in [-0.3, -0.25) is 14.8 Å². The summed E-state index contributed by atoms with van der Waals surface area (Å²) in [6.07, 6.45) is 0. The summed E-state index contributed by atoms with van der Waals surface area (Å²) < 4.78 is 5.77. The lowest BCUT2D eigenvalue weighted by molar-refractivity contribution is 0.0854. The molecule has 0 radical (unpaired) electrons. The first-order valence-electron chi connectivity index (χ1n) is 8.39. The van der Waals surface area contributed by atoms with E-state index in [-0.39, 0.29) is 5.91 Å². The highest BCUT2D eigenvalue weighted by atomic mass is 16.5. The number of rotatable bonds is 4. The van der Waals surface area contributed by atoms with E-state index >= 15 is 0 Å². The second kappa shape index (κ2) is 6.93. The lowest BCUT2D eigenvalue weighted by Gasteiger charge is -2.15. The molecule has 0 aromatic heterocycles. The number of ether oxygens (including phenoxy) is 1. The minimum Gasteiger partial charge on any atom is -0.457 e. The highest BCUT2D eigenvalue weighted by molar-refractivity contribution is 6.04. The number of hydrogen-bond acceptors (Lipinski definition) is 4. The topological polar surface area (TPSA) is 78.9 Å². The number of nitrogens with zero attached hydrogens (tertiary/aromatic N) is 1. The molecule has 6 heteroatoms. The van der Waals surface area contributed by atoms with Gasteiger partial charge in [-0.25, -0.2) is 0 Å². The third-order valence-corrected chi connectivity index (χ3v) is 4.30. The molecule has 1 aliphatic heterocycles. The molecule has 0 atom stereocenters. The molecule has 0 fully saturated rings. The Labute approximate surface area is 155 Å². The molecule has 0 spiro atoms. The molecular weight excluding hydrogens is 344 g/mol. The first-order chi connectivity index (χ1) is 13.1. The van der Waals surface area contributed by atoms with Gasteiger partial charge < -0.3 is 10.1 Å². The predicted octanol–water partition coefficient (Wildman–Crippen LogP) is 3.76. The summed E-state index contributed by atoms with van der Waals surface area (Å²) in [4.78, 5) is 24.0. The number of hydroxylamine groups is 1. The summed E-state index contributed by atoms with van der Waals surface area (Å²) in [6.45, 7) is 0.533. The molecule has 3 aromatic rings. The second-order valence-corrected chi connectivity index (χ2v) is 6.08. The van der Waals surface area contributed by atoms with E-state index in [9.17, 15) is 14.8 Å². The van der Waals surface area contributed by atoms with Crippen LogP contribution in [0, 0.1) is 0 Å². The van der Waals surface area contributed by atoms with Gasteiger partial charge in [0.15, 0.2) is 0 Å². The number of hydrogen-bond donors (Lipinski definition) is 2. The number of amides is 2. The number of anilines is 1. The second-order valence-electron chi connectivity index (χ2n) is 6.08. The zero-order valence-corrected chi connectivity index (χ0v) is 14.3. The molecule has 4 rings (SSSR count). The lowest BCUT2D eigenvalue weighted by Crippen LogP contribution is -2.26. The van der Waals surface area contributed by atoms with Crippen LogP contribution < -0.4 is 15.1 Å². The zero-order chi connectivity index (χ0) is 18.8. The summed E-state index contributed by atoms with van der Waals surface area (Å²) in [5, 5.41) is 13.5. The van der Waals surface area contributed by atoms with Crippen molar-refractivity contribution in [3.63, 3.8) is 0 Å². The highest BCUT2D eigenvalue weighted by Crippen LogP contribution is 2.28. The number of nitrogens with one attached hydrogen (secondary N) is 1. The molecule has 0 saturated carbocycles. The molecule has 134 valence electrons. The fourth-order valence-corrected chi connectivity index (χ4v) is 2.87. The van der Waals surface area contributed by atoms with Crippen molar-refractivity contribution in [3.8, 4) is 11.5 Å². The lowest BCUT2D eigenvalue weighted by atomic mass is 10.1. The number of fused-ring (bicyclic) bond motifs is 1. The summed E-state index contributed by atoms with van der Waals surface area (Å²) >= 11 is 0. The summed E-state index contributed by atoms with van der Waals surface area (Å²) in [5.74, 6) is 0.437. The quantitative estimate of drug-likeness (QED) is 0.548. The van der Waals surface area contributed by atoms with E-state index in [0.29, 0.717) is 39.9 Å². The van der Waals surface area contributed by atoms with E-state index in [0.717, 1.165) is 5.56 Å². The van der Waals surface area contributed by atoms with Gasteiger partial charge in [-0.2, -0.15) is 5.06 Å². The van der Waals surface area contributed by atoms with Crippen LogP contribution in [0.15, 0.2) is 72.8 Å². The maximum absolute atomic E-state index is 12.3. The van der Waals surface area contributed by atoms with Crippen molar-refractivity contribution < 1.29 is 19.5 Å². The number of carbonyl (C=O) groups is 2. The molecule has 0 aliphatic carbocycles. The maximum atomic E-state index is 12.3. The standard InChI is InChI=1S/C21H16N2O4/c24-20-19-12-18(9-6-15(19)13-22-20)27-17-10-7-16(8-11-17)23(26)21(25)14-4-2-1-3-5-14/h1-12,26H,13H2,(H,22,24). The van der Waals surface area contributed by atoms with Crippen molar-refractivity contribution in [1.82, 2.24) is 5.32 Å². The van der Waals surface area contributed by atoms with Crippen molar-refractivity contribution in [2.45, 2.75) is 6.54 Å². The Morgan fingerprint density at radius 2 is 1.67 bits per heavy atom. The maximum Gasteiger partial charge on any atom is 0.281 e. The Morgan fingerprint density at radius 3 is 2.41 bits per heavy atom. The van der Waals surface area contributed by atoms with Crippen molar-refractivity contribution in [2.24, 2.45) is 0 Å². The van der Waals surface area contributed by atoms with Gasteiger partial charge in [-0.1, -0.05) is 24.3 Å². The largest absolute Gasteiger partial charge is 0.457 e. The van der Waals surface area contributed by atoms with Gasteiger partial charge in [-0.15, -0.1) is 0 Å². The smallest absolute Gasteiger partial charge is 0.281 e. The summed E-state index contributed by atoms with van der Waals surface area (Å²) in [7, 11) is 0. The molecule has 3 aromatic carbocycles. The van der Waals surface area contributed by atoms with Crippen LogP contribution >= 0.6 is 0 Å². The van der Waals surface area contributed by atoms with Gasteiger partial charge in [0.2, 0.25) is 0 Å². The first kappa shape index (κ1) is 16.8. The van der Waals surface area contributed by atoms with Crippen molar-refractivity contribution in [3.05, 3.63) is 89.5 Å². The first-order valence-corrected chi connectivity index (χ1v) is 8.39. The molecule has 6 nitrogen and oxygen atoms in total. The Bertz CT molecular complexity index is 1000. The molecule has 0 saturated heterocycles. The zero-order valence-electron chi connectivity index (χ0n) is 14.3. The number of benzene rings is 3. The van der Waals surface area contributed by atoms with Crippen molar-refractivity contribution >= 4 is 17.5 Å². The Kier molecular flexibility index (Phi) is 4.32. The van der Waals surface area contributed by atoms with Gasteiger partial charge in [-0.05, 0) is 54.1 Å². The van der Waals surface area contributed by atoms with Crippen LogP contribution in [0.3, 0.4) is 0 Å². The van der Waals surface area contributed by atoms with Gasteiger partial charge in [0, 0.05) is 17.7 Å². The van der Waals surface area contributed by atoms with Crippen LogP contribution in [-0.2, 0) is 6.54 Å². The fourth-order valence-electron chi connectivity index (χ4n) is 2.87. The number of carbonyl (C=O) groups excluding carboxylic acids is 2. The van der Waals surface area contributed by atoms with Crippen LogP contribution in [0.2, 0.25) is 0 Å². The Balaban J connectivity index is 1.49. The van der Waals surface area contributed by atoms with E-state index in [1.54, 1.807) is 66.7 Å². The monoisotopic (exact) mass is 360 g/mol.